The number of halogens is 2. The molecular formula is C17H18ClFN2O5S2. The van der Waals surface area contributed by atoms with E-state index in [-0.39, 0.29) is 39.9 Å². The van der Waals surface area contributed by atoms with Gasteiger partial charge in [0.05, 0.1) is 15.5 Å². The maximum absolute atomic E-state index is 13.5. The molecule has 0 atom stereocenters. The van der Waals surface area contributed by atoms with Crippen LogP contribution in [0.1, 0.15) is 16.8 Å². The van der Waals surface area contributed by atoms with Crippen molar-refractivity contribution in [3.05, 3.63) is 58.9 Å². The van der Waals surface area contributed by atoms with Gasteiger partial charge in [-0.2, -0.15) is 0 Å². The summed E-state index contributed by atoms with van der Waals surface area (Å²) in [7, 11) is -7.65. The highest BCUT2D eigenvalue weighted by atomic mass is 35.5. The average Bonchev–Trinajstić information content (AvgIpc) is 2.60. The summed E-state index contributed by atoms with van der Waals surface area (Å²) in [4.78, 5) is 11.3. The number of carbonyl (C=O) groups excluding carboxylic acids is 1. The summed E-state index contributed by atoms with van der Waals surface area (Å²) in [5.74, 6) is -1.26. The van der Waals surface area contributed by atoms with Gasteiger partial charge in [0.15, 0.2) is 9.84 Å². The van der Waals surface area contributed by atoms with Crippen LogP contribution in [0.3, 0.4) is 0 Å². The van der Waals surface area contributed by atoms with Crippen LogP contribution in [-0.4, -0.2) is 42.1 Å². The molecule has 0 saturated carbocycles. The number of amides is 1. The zero-order valence-corrected chi connectivity index (χ0v) is 17.2. The molecule has 1 amide bonds. The lowest BCUT2D eigenvalue weighted by atomic mass is 10.2. The summed E-state index contributed by atoms with van der Waals surface area (Å²) in [6, 6.07) is 8.89. The Bertz CT molecular complexity index is 1090. The van der Waals surface area contributed by atoms with Gasteiger partial charge in [0.25, 0.3) is 5.91 Å². The topological polar surface area (TPSA) is 109 Å². The third-order valence-corrected chi connectivity index (χ3v) is 6.72. The zero-order valence-electron chi connectivity index (χ0n) is 14.8. The minimum atomic E-state index is -4.05. The lowest BCUT2D eigenvalue weighted by molar-refractivity contribution is 0.0949. The predicted octanol–water partition coefficient (Wildman–Crippen LogP) is 1.98. The van der Waals surface area contributed by atoms with Crippen molar-refractivity contribution in [2.45, 2.75) is 16.2 Å². The number of nitrogens with one attached hydrogen (secondary N) is 2. The molecule has 7 nitrogen and oxygen atoms in total. The van der Waals surface area contributed by atoms with E-state index in [4.69, 9.17) is 11.6 Å². The van der Waals surface area contributed by atoms with Gasteiger partial charge in [0.2, 0.25) is 10.0 Å². The van der Waals surface area contributed by atoms with Gasteiger partial charge in [0.1, 0.15) is 10.7 Å². The molecule has 0 bridgehead atoms. The van der Waals surface area contributed by atoms with Gasteiger partial charge in [-0.15, -0.1) is 0 Å². The van der Waals surface area contributed by atoms with E-state index in [2.05, 4.69) is 10.0 Å². The quantitative estimate of drug-likeness (QED) is 0.600. The van der Waals surface area contributed by atoms with E-state index in [0.717, 1.165) is 18.4 Å². The second-order valence-electron chi connectivity index (χ2n) is 5.85. The number of hydrogen-bond acceptors (Lipinski definition) is 5. The third-order valence-electron chi connectivity index (χ3n) is 3.67. The van der Waals surface area contributed by atoms with E-state index < -0.39 is 31.6 Å². The van der Waals surface area contributed by atoms with Crippen LogP contribution in [0.15, 0.2) is 52.3 Å². The lowest BCUT2D eigenvalue weighted by Gasteiger charge is -2.10. The van der Waals surface area contributed by atoms with Crippen LogP contribution < -0.4 is 10.0 Å². The number of rotatable bonds is 8. The Balaban J connectivity index is 1.94. The summed E-state index contributed by atoms with van der Waals surface area (Å²) in [5, 5.41) is 2.37. The van der Waals surface area contributed by atoms with Crippen molar-refractivity contribution in [2.24, 2.45) is 0 Å². The van der Waals surface area contributed by atoms with Crippen molar-refractivity contribution >= 4 is 37.4 Å². The van der Waals surface area contributed by atoms with E-state index >= 15 is 0 Å². The molecule has 11 heteroatoms. The van der Waals surface area contributed by atoms with Crippen molar-refractivity contribution in [2.75, 3.05) is 19.3 Å². The molecule has 28 heavy (non-hydrogen) atoms. The SMILES string of the molecule is CS(=O)(=O)c1ccc(Cl)c(S(=O)(=O)NCCCNC(=O)c2ccccc2F)c1. The first-order chi connectivity index (χ1) is 13.0. The predicted molar refractivity (Wildman–Crippen MR) is 103 cm³/mol. The first kappa shape index (κ1) is 22.3. The first-order valence-electron chi connectivity index (χ1n) is 8.04. The Kier molecular flexibility index (Phi) is 7.16. The molecule has 2 rings (SSSR count). The van der Waals surface area contributed by atoms with E-state index in [0.29, 0.717) is 0 Å². The van der Waals surface area contributed by atoms with Crippen molar-refractivity contribution < 1.29 is 26.0 Å². The fourth-order valence-corrected chi connectivity index (χ4v) is 4.55. The fraction of sp³-hybridized carbons (Fsp3) is 0.235. The maximum Gasteiger partial charge on any atom is 0.254 e. The van der Waals surface area contributed by atoms with E-state index in [1.807, 2.05) is 0 Å². The molecule has 0 unspecified atom stereocenters. The van der Waals surface area contributed by atoms with Crippen LogP contribution in [0.25, 0.3) is 0 Å². The standard InChI is InChI=1S/C17H18ClFN2O5S2/c1-27(23,24)12-7-8-14(18)16(11-12)28(25,26)21-10-4-9-20-17(22)13-5-2-3-6-15(13)19/h2-3,5-8,11,21H,4,9-10H2,1H3,(H,20,22). The van der Waals surface area contributed by atoms with Crippen LogP contribution in [0.5, 0.6) is 0 Å². The number of carbonyl (C=O) groups is 1. The molecule has 0 fully saturated rings. The normalized spacial score (nSPS) is 12.0. The van der Waals surface area contributed by atoms with E-state index in [9.17, 15) is 26.0 Å². The second-order valence-corrected chi connectivity index (χ2v) is 10.0. The maximum atomic E-state index is 13.5. The van der Waals surface area contributed by atoms with Crippen LogP contribution in [0.2, 0.25) is 5.02 Å². The van der Waals surface area contributed by atoms with Gasteiger partial charge in [-0.05, 0) is 36.8 Å². The first-order valence-corrected chi connectivity index (χ1v) is 11.8. The highest BCUT2D eigenvalue weighted by Gasteiger charge is 2.20. The highest BCUT2D eigenvalue weighted by molar-refractivity contribution is 7.91. The largest absolute Gasteiger partial charge is 0.352 e. The molecule has 0 radical (unpaired) electrons. The number of sulfonamides is 1. The summed E-state index contributed by atoms with van der Waals surface area (Å²) < 4.78 is 63.7. The van der Waals surface area contributed by atoms with E-state index in [1.165, 1.54) is 30.3 Å². The highest BCUT2D eigenvalue weighted by Crippen LogP contribution is 2.24. The van der Waals surface area contributed by atoms with Crippen molar-refractivity contribution in [1.82, 2.24) is 10.0 Å². The Hall–Kier alpha value is -2.01. The molecule has 152 valence electrons. The molecular weight excluding hydrogens is 431 g/mol. The van der Waals surface area contributed by atoms with Gasteiger partial charge < -0.3 is 5.32 Å². The van der Waals surface area contributed by atoms with Crippen molar-refractivity contribution in [3.8, 4) is 0 Å². The van der Waals surface area contributed by atoms with Gasteiger partial charge in [-0.3, -0.25) is 4.79 Å². The smallest absolute Gasteiger partial charge is 0.254 e. The van der Waals surface area contributed by atoms with Crippen molar-refractivity contribution in [1.29, 1.82) is 0 Å². The van der Waals surface area contributed by atoms with Gasteiger partial charge in [-0.1, -0.05) is 23.7 Å². The van der Waals surface area contributed by atoms with E-state index in [1.54, 1.807) is 0 Å². The molecule has 0 aliphatic rings. The molecule has 0 heterocycles. The molecule has 0 aliphatic carbocycles. The van der Waals surface area contributed by atoms with Gasteiger partial charge in [0, 0.05) is 19.3 Å². The summed E-state index contributed by atoms with van der Waals surface area (Å²) >= 11 is 5.89. The molecule has 0 aromatic heterocycles. The number of benzene rings is 2. The zero-order chi connectivity index (χ0) is 20.9. The minimum Gasteiger partial charge on any atom is -0.352 e. The van der Waals surface area contributed by atoms with Crippen LogP contribution >= 0.6 is 11.6 Å². The Morgan fingerprint density at radius 1 is 1.07 bits per heavy atom. The van der Waals surface area contributed by atoms with Gasteiger partial charge in [-0.25, -0.2) is 25.9 Å². The third kappa shape index (κ3) is 5.74. The fourth-order valence-electron chi connectivity index (χ4n) is 2.24. The Morgan fingerprint density at radius 2 is 1.75 bits per heavy atom. The summed E-state index contributed by atoms with van der Waals surface area (Å²) in [5.41, 5.74) is -0.104. The van der Waals surface area contributed by atoms with Crippen LogP contribution in [0, 0.1) is 5.82 Å². The molecule has 0 saturated heterocycles. The molecule has 2 aromatic rings. The average molecular weight is 449 g/mol. The Morgan fingerprint density at radius 3 is 2.39 bits per heavy atom. The van der Waals surface area contributed by atoms with Gasteiger partial charge >= 0.3 is 0 Å². The molecule has 0 spiro atoms. The molecule has 2 N–H and O–H groups in total. The lowest BCUT2D eigenvalue weighted by Crippen LogP contribution is -2.30. The number of hydrogen-bond donors (Lipinski definition) is 2. The molecule has 0 aliphatic heterocycles. The molecule has 2 aromatic carbocycles. The second kappa shape index (κ2) is 8.99. The Labute approximate surface area is 167 Å². The summed E-state index contributed by atoms with van der Waals surface area (Å²) in [6.07, 6.45) is 1.18. The van der Waals surface area contributed by atoms with Crippen LogP contribution in [0.4, 0.5) is 4.39 Å². The van der Waals surface area contributed by atoms with Crippen molar-refractivity contribution in [3.63, 3.8) is 0 Å². The minimum absolute atomic E-state index is 0.0423. The number of sulfone groups is 1. The van der Waals surface area contributed by atoms with Crippen LogP contribution in [-0.2, 0) is 19.9 Å². The summed E-state index contributed by atoms with van der Waals surface area (Å²) in [6.45, 7) is 0.0616. The monoisotopic (exact) mass is 448 g/mol.